The second-order valence-corrected chi connectivity index (χ2v) is 3.96. The molecule has 2 aromatic rings. The van der Waals surface area contributed by atoms with Gasteiger partial charge in [0.25, 0.3) is 0 Å². The molecule has 78 valence electrons. The van der Waals surface area contributed by atoms with Gasteiger partial charge in [0.2, 0.25) is 5.43 Å². The maximum absolute atomic E-state index is 11.1. The van der Waals surface area contributed by atoms with Crippen LogP contribution in [0, 0.1) is 5.92 Å². The Morgan fingerprint density at radius 1 is 1.33 bits per heavy atom. The van der Waals surface area contributed by atoms with Crippen LogP contribution < -0.4 is 5.43 Å². The minimum Gasteiger partial charge on any atom is -0.287 e. The molecule has 0 aliphatic heterocycles. The summed E-state index contributed by atoms with van der Waals surface area (Å²) in [5.74, 6) is 1.08. The molecule has 1 aliphatic rings. The lowest BCUT2D eigenvalue weighted by molar-refractivity contribution is 0.983. The molecule has 1 saturated carbocycles. The Morgan fingerprint density at radius 3 is 2.60 bits per heavy atom. The van der Waals surface area contributed by atoms with E-state index in [9.17, 15) is 4.79 Å². The average molecular weight is 202 g/mol. The summed E-state index contributed by atoms with van der Waals surface area (Å²) in [4.78, 5) is 11.1. The number of H-pyrrole nitrogens is 1. The van der Waals surface area contributed by atoms with Gasteiger partial charge >= 0.3 is 0 Å². The Bertz CT molecular complexity index is 495. The molecule has 3 nitrogen and oxygen atoms in total. The maximum atomic E-state index is 11.1. The maximum Gasteiger partial charge on any atom is 0.207 e. The quantitative estimate of drug-likeness (QED) is 0.712. The van der Waals surface area contributed by atoms with Crippen LogP contribution in [-0.2, 0) is 0 Å². The van der Waals surface area contributed by atoms with Gasteiger partial charge in [0, 0.05) is 5.39 Å². The fourth-order valence-corrected chi connectivity index (χ4v) is 1.19. The predicted octanol–water partition coefficient (Wildman–Crippen LogP) is 2.34. The number of nitrogens with zero attached hydrogens (tertiary/aromatic N) is 1. The van der Waals surface area contributed by atoms with E-state index in [1.165, 1.54) is 19.0 Å². The first-order valence-corrected chi connectivity index (χ1v) is 5.20. The van der Waals surface area contributed by atoms with Crippen LogP contribution in [0.3, 0.4) is 0 Å². The lowest BCUT2D eigenvalue weighted by Crippen LogP contribution is -2.01. The number of fused-ring (bicyclic) bond motifs is 1. The molecule has 1 aliphatic carbocycles. The predicted molar refractivity (Wildman–Crippen MR) is 60.8 cm³/mol. The molecule has 0 radical (unpaired) electrons. The van der Waals surface area contributed by atoms with Crippen LogP contribution in [0.15, 0.2) is 35.3 Å². The highest BCUT2D eigenvalue weighted by Gasteiger charge is 2.12. The molecule has 0 bridgehead atoms. The Morgan fingerprint density at radius 2 is 2.00 bits per heavy atom. The van der Waals surface area contributed by atoms with Crippen LogP contribution >= 0.6 is 0 Å². The van der Waals surface area contributed by atoms with Crippen molar-refractivity contribution in [1.29, 1.82) is 0 Å². The fourth-order valence-electron chi connectivity index (χ4n) is 1.19. The molecule has 0 amide bonds. The molecular weight excluding hydrogens is 188 g/mol. The first-order chi connectivity index (χ1) is 7.27. The highest BCUT2D eigenvalue weighted by molar-refractivity contribution is 5.76. The summed E-state index contributed by atoms with van der Waals surface area (Å²) >= 11 is 0. The number of rotatable bonds is 0. The van der Waals surface area contributed by atoms with E-state index in [4.69, 9.17) is 0 Å². The van der Waals surface area contributed by atoms with Crippen LogP contribution in [0.2, 0.25) is 0 Å². The summed E-state index contributed by atoms with van der Waals surface area (Å²) in [6.45, 7) is 2.28. The summed E-state index contributed by atoms with van der Waals surface area (Å²) in [7, 11) is 0. The van der Waals surface area contributed by atoms with Gasteiger partial charge in [-0.25, -0.2) is 0 Å². The van der Waals surface area contributed by atoms with Gasteiger partial charge in [0.05, 0.1) is 11.7 Å². The molecule has 0 spiro atoms. The lowest BCUT2D eigenvalue weighted by Gasteiger charge is -1.91. The van der Waals surface area contributed by atoms with E-state index in [-0.39, 0.29) is 5.43 Å². The molecule has 1 N–H and O–H groups in total. The number of aromatic nitrogens is 2. The molecule has 0 saturated heterocycles. The largest absolute Gasteiger partial charge is 0.287 e. The van der Waals surface area contributed by atoms with Crippen LogP contribution in [0.4, 0.5) is 0 Å². The number of hydrogen-bond acceptors (Lipinski definition) is 2. The Balaban J connectivity index is 0.000000179. The zero-order valence-corrected chi connectivity index (χ0v) is 8.73. The van der Waals surface area contributed by atoms with Crippen molar-refractivity contribution < 1.29 is 0 Å². The van der Waals surface area contributed by atoms with Gasteiger partial charge in [0.15, 0.2) is 0 Å². The van der Waals surface area contributed by atoms with Gasteiger partial charge in [-0.3, -0.25) is 9.89 Å². The molecule has 1 fully saturated rings. The molecule has 1 aromatic carbocycles. The minimum absolute atomic E-state index is 0.0423. The summed E-state index contributed by atoms with van der Waals surface area (Å²) in [6.07, 6.45) is 4.25. The summed E-state index contributed by atoms with van der Waals surface area (Å²) < 4.78 is 0. The average Bonchev–Trinajstić information content (AvgIpc) is 3.03. The van der Waals surface area contributed by atoms with Crippen LogP contribution in [0.5, 0.6) is 0 Å². The number of aromatic amines is 1. The van der Waals surface area contributed by atoms with Gasteiger partial charge in [-0.2, -0.15) is 5.10 Å². The lowest BCUT2D eigenvalue weighted by atomic mass is 10.2. The first kappa shape index (κ1) is 9.90. The topological polar surface area (TPSA) is 45.8 Å². The smallest absolute Gasteiger partial charge is 0.207 e. The summed E-state index contributed by atoms with van der Waals surface area (Å²) in [5, 5.41) is 7.10. The summed E-state index contributed by atoms with van der Waals surface area (Å²) in [6, 6.07) is 7.29. The van der Waals surface area contributed by atoms with E-state index in [2.05, 4.69) is 17.1 Å². The van der Waals surface area contributed by atoms with E-state index >= 15 is 0 Å². The molecule has 3 rings (SSSR count). The highest BCUT2D eigenvalue weighted by atomic mass is 16.1. The van der Waals surface area contributed by atoms with E-state index < -0.39 is 0 Å². The van der Waals surface area contributed by atoms with Crippen molar-refractivity contribution in [3.8, 4) is 0 Å². The second-order valence-electron chi connectivity index (χ2n) is 3.96. The van der Waals surface area contributed by atoms with Crippen LogP contribution in [0.1, 0.15) is 19.8 Å². The van der Waals surface area contributed by atoms with Gasteiger partial charge in [-0.05, 0) is 18.1 Å². The third-order valence-corrected chi connectivity index (χ3v) is 2.43. The Kier molecular flexibility index (Phi) is 2.81. The minimum atomic E-state index is -0.0423. The van der Waals surface area contributed by atoms with Crippen molar-refractivity contribution in [2.45, 2.75) is 19.8 Å². The molecule has 15 heavy (non-hydrogen) atoms. The van der Waals surface area contributed by atoms with Crippen molar-refractivity contribution in [2.75, 3.05) is 0 Å². The standard InChI is InChI=1S/C8H6N2O.C4H8/c11-8-5-9-10-7-4-2-1-3-6(7)8;1-4-2-3-4/h1-5H,(H,10,11);4H,2-3H2,1H3. The van der Waals surface area contributed by atoms with Gasteiger partial charge in [-0.15, -0.1) is 0 Å². The SMILES string of the molecule is CC1CC1.O=c1cn[nH]c2ccccc12. The van der Waals surface area contributed by atoms with Gasteiger partial charge in [0.1, 0.15) is 0 Å². The molecule has 1 aromatic heterocycles. The number of nitrogens with one attached hydrogen (secondary N) is 1. The van der Waals surface area contributed by atoms with Crippen LogP contribution in [-0.4, -0.2) is 10.2 Å². The number of para-hydroxylation sites is 1. The molecule has 0 unspecified atom stereocenters. The highest BCUT2D eigenvalue weighted by Crippen LogP contribution is 2.26. The number of hydrogen-bond donors (Lipinski definition) is 1. The van der Waals surface area contributed by atoms with Crippen LogP contribution in [0.25, 0.3) is 10.9 Å². The first-order valence-electron chi connectivity index (χ1n) is 5.20. The third kappa shape index (κ3) is 2.65. The van der Waals surface area contributed by atoms with E-state index in [1.807, 2.05) is 18.2 Å². The Hall–Kier alpha value is -1.64. The monoisotopic (exact) mass is 202 g/mol. The van der Waals surface area contributed by atoms with Crippen molar-refractivity contribution in [1.82, 2.24) is 10.2 Å². The fraction of sp³-hybridized carbons (Fsp3) is 0.333. The molecular formula is C12H14N2O. The zero-order valence-electron chi connectivity index (χ0n) is 8.73. The van der Waals surface area contributed by atoms with E-state index in [0.717, 1.165) is 11.4 Å². The van der Waals surface area contributed by atoms with Gasteiger partial charge in [-0.1, -0.05) is 31.9 Å². The van der Waals surface area contributed by atoms with Crippen molar-refractivity contribution in [3.05, 3.63) is 40.7 Å². The number of benzene rings is 1. The van der Waals surface area contributed by atoms with E-state index in [0.29, 0.717) is 5.39 Å². The zero-order chi connectivity index (χ0) is 10.7. The summed E-state index contributed by atoms with van der Waals surface area (Å²) in [5.41, 5.74) is 0.736. The molecule has 3 heteroatoms. The van der Waals surface area contributed by atoms with Gasteiger partial charge < -0.3 is 0 Å². The molecule has 0 atom stereocenters. The van der Waals surface area contributed by atoms with Crippen molar-refractivity contribution in [3.63, 3.8) is 0 Å². The van der Waals surface area contributed by atoms with Crippen molar-refractivity contribution in [2.24, 2.45) is 5.92 Å². The Labute approximate surface area is 88.1 Å². The normalized spacial score (nSPS) is 14.5. The molecule has 1 heterocycles. The third-order valence-electron chi connectivity index (χ3n) is 2.43. The van der Waals surface area contributed by atoms with E-state index in [1.54, 1.807) is 6.07 Å². The van der Waals surface area contributed by atoms with Crippen molar-refractivity contribution >= 4 is 10.9 Å². The second kappa shape index (κ2) is 4.26.